The Balaban J connectivity index is 2.05. The fourth-order valence-corrected chi connectivity index (χ4v) is 2.46. The Labute approximate surface area is 111 Å². The van der Waals surface area contributed by atoms with Crippen LogP contribution in [0.1, 0.15) is 21.7 Å². The van der Waals surface area contributed by atoms with E-state index in [0.717, 1.165) is 16.9 Å². The van der Waals surface area contributed by atoms with Gasteiger partial charge >= 0.3 is 0 Å². The van der Waals surface area contributed by atoms with Crippen LogP contribution < -0.4 is 0 Å². The lowest BCUT2D eigenvalue weighted by molar-refractivity contribution is 0.0298. The lowest BCUT2D eigenvalue weighted by Gasteiger charge is -2.26. The first-order valence-electron chi connectivity index (χ1n) is 6.49. The summed E-state index contributed by atoms with van der Waals surface area (Å²) < 4.78 is 7.22. The molecule has 0 saturated carbocycles. The number of aromatic nitrogens is 2. The third-order valence-electron chi connectivity index (χ3n) is 3.56. The second-order valence-corrected chi connectivity index (χ2v) is 4.86. The molecule has 0 radical (unpaired) electrons. The standard InChI is InChI=1S/C14H17N3O2/c1-10-3-4-11(2)17-12(9-15-13(10)17)14(18)16-5-7-19-8-6-16/h3-4,9H,5-8H2,1-2H3. The number of pyridine rings is 1. The molecule has 5 nitrogen and oxygen atoms in total. The topological polar surface area (TPSA) is 46.8 Å². The Kier molecular flexibility index (Phi) is 2.98. The average molecular weight is 259 g/mol. The van der Waals surface area contributed by atoms with Crippen LogP contribution in [0.2, 0.25) is 0 Å². The fraction of sp³-hybridized carbons (Fsp3) is 0.429. The highest BCUT2D eigenvalue weighted by atomic mass is 16.5. The first kappa shape index (κ1) is 12.2. The van der Waals surface area contributed by atoms with Crippen LogP contribution in [0.3, 0.4) is 0 Å². The molecule has 0 aliphatic carbocycles. The number of imidazole rings is 1. The molecule has 5 heteroatoms. The molecule has 1 amide bonds. The molecule has 1 fully saturated rings. The number of aryl methyl sites for hydroxylation is 2. The Morgan fingerprint density at radius 3 is 2.74 bits per heavy atom. The van der Waals surface area contributed by atoms with Crippen molar-refractivity contribution in [2.75, 3.05) is 26.3 Å². The molecule has 1 aliphatic heterocycles. The largest absolute Gasteiger partial charge is 0.378 e. The van der Waals surface area contributed by atoms with Gasteiger partial charge < -0.3 is 9.64 Å². The highest BCUT2D eigenvalue weighted by molar-refractivity contribution is 5.93. The zero-order valence-electron chi connectivity index (χ0n) is 11.2. The maximum atomic E-state index is 12.5. The molecule has 19 heavy (non-hydrogen) atoms. The second-order valence-electron chi connectivity index (χ2n) is 4.86. The maximum absolute atomic E-state index is 12.5. The van der Waals surface area contributed by atoms with Gasteiger partial charge in [0.1, 0.15) is 11.3 Å². The van der Waals surface area contributed by atoms with Gasteiger partial charge in [-0.2, -0.15) is 0 Å². The molecule has 3 rings (SSSR count). The van der Waals surface area contributed by atoms with Crippen molar-refractivity contribution >= 4 is 11.6 Å². The number of hydrogen-bond acceptors (Lipinski definition) is 3. The molecular formula is C14H17N3O2. The van der Waals surface area contributed by atoms with Gasteiger partial charge in [0, 0.05) is 18.8 Å². The van der Waals surface area contributed by atoms with E-state index in [1.807, 2.05) is 35.3 Å². The van der Waals surface area contributed by atoms with Crippen molar-refractivity contribution in [1.29, 1.82) is 0 Å². The Morgan fingerprint density at radius 2 is 2.00 bits per heavy atom. The first-order valence-corrected chi connectivity index (χ1v) is 6.49. The van der Waals surface area contributed by atoms with Crippen LogP contribution >= 0.6 is 0 Å². The highest BCUT2D eigenvalue weighted by Gasteiger charge is 2.22. The second kappa shape index (κ2) is 4.66. The van der Waals surface area contributed by atoms with Gasteiger partial charge in [0.25, 0.3) is 5.91 Å². The van der Waals surface area contributed by atoms with E-state index >= 15 is 0 Å². The molecule has 2 aromatic rings. The van der Waals surface area contributed by atoms with Crippen molar-refractivity contribution in [3.8, 4) is 0 Å². The van der Waals surface area contributed by atoms with E-state index in [2.05, 4.69) is 4.98 Å². The summed E-state index contributed by atoms with van der Waals surface area (Å²) in [5, 5.41) is 0. The Bertz CT molecular complexity index is 627. The van der Waals surface area contributed by atoms with Gasteiger partial charge in [-0.1, -0.05) is 6.07 Å². The minimum atomic E-state index is 0.0319. The van der Waals surface area contributed by atoms with Crippen LogP contribution in [-0.2, 0) is 4.74 Å². The minimum absolute atomic E-state index is 0.0319. The summed E-state index contributed by atoms with van der Waals surface area (Å²) in [5.74, 6) is 0.0319. The molecule has 100 valence electrons. The third kappa shape index (κ3) is 2.00. The number of rotatable bonds is 1. The highest BCUT2D eigenvalue weighted by Crippen LogP contribution is 2.16. The number of hydrogen-bond donors (Lipinski definition) is 0. The van der Waals surface area contributed by atoms with Gasteiger partial charge in [-0.05, 0) is 25.5 Å². The number of amides is 1. The average Bonchev–Trinajstić information content (AvgIpc) is 2.89. The van der Waals surface area contributed by atoms with Gasteiger partial charge in [0.05, 0.1) is 19.4 Å². The smallest absolute Gasteiger partial charge is 0.272 e. The van der Waals surface area contributed by atoms with Crippen LogP contribution in [0, 0.1) is 13.8 Å². The molecule has 2 aromatic heterocycles. The lowest BCUT2D eigenvalue weighted by Crippen LogP contribution is -2.41. The van der Waals surface area contributed by atoms with Gasteiger partial charge in [-0.15, -0.1) is 0 Å². The summed E-state index contributed by atoms with van der Waals surface area (Å²) in [6, 6.07) is 4.04. The predicted molar refractivity (Wildman–Crippen MR) is 71.4 cm³/mol. The van der Waals surface area contributed by atoms with Gasteiger partial charge in [-0.25, -0.2) is 4.98 Å². The van der Waals surface area contributed by atoms with Crippen molar-refractivity contribution in [3.05, 3.63) is 35.3 Å². The molecule has 0 spiro atoms. The SMILES string of the molecule is Cc1ccc(C)n2c(C(=O)N3CCOCC3)cnc12. The number of ether oxygens (including phenoxy) is 1. The van der Waals surface area contributed by atoms with E-state index in [1.54, 1.807) is 6.20 Å². The number of carbonyl (C=O) groups excluding carboxylic acids is 1. The normalized spacial score (nSPS) is 16.0. The van der Waals surface area contributed by atoms with Crippen molar-refractivity contribution in [2.24, 2.45) is 0 Å². The molecule has 0 bridgehead atoms. The number of fused-ring (bicyclic) bond motifs is 1. The lowest BCUT2D eigenvalue weighted by atomic mass is 10.2. The van der Waals surface area contributed by atoms with E-state index in [9.17, 15) is 4.79 Å². The molecule has 0 unspecified atom stereocenters. The molecule has 1 saturated heterocycles. The van der Waals surface area contributed by atoms with Crippen LogP contribution in [0.15, 0.2) is 18.3 Å². The number of nitrogens with zero attached hydrogens (tertiary/aromatic N) is 3. The van der Waals surface area contributed by atoms with Gasteiger partial charge in [-0.3, -0.25) is 9.20 Å². The molecule has 3 heterocycles. The summed E-state index contributed by atoms with van der Waals surface area (Å²) >= 11 is 0. The monoisotopic (exact) mass is 259 g/mol. The van der Waals surface area contributed by atoms with Crippen molar-refractivity contribution in [1.82, 2.24) is 14.3 Å². The van der Waals surface area contributed by atoms with Gasteiger partial charge in [0.2, 0.25) is 0 Å². The molecule has 0 aromatic carbocycles. The third-order valence-corrected chi connectivity index (χ3v) is 3.56. The van der Waals surface area contributed by atoms with Crippen LogP contribution in [0.25, 0.3) is 5.65 Å². The van der Waals surface area contributed by atoms with Crippen molar-refractivity contribution in [3.63, 3.8) is 0 Å². The quantitative estimate of drug-likeness (QED) is 0.778. The molecule has 1 aliphatic rings. The zero-order valence-corrected chi connectivity index (χ0v) is 11.2. The Morgan fingerprint density at radius 1 is 1.26 bits per heavy atom. The Hall–Kier alpha value is -1.88. The molecule has 0 atom stereocenters. The summed E-state index contributed by atoms with van der Waals surface area (Å²) in [6.07, 6.45) is 1.67. The summed E-state index contributed by atoms with van der Waals surface area (Å²) in [4.78, 5) is 18.8. The van der Waals surface area contributed by atoms with Crippen molar-refractivity contribution < 1.29 is 9.53 Å². The zero-order chi connectivity index (χ0) is 13.4. The molecule has 0 N–H and O–H groups in total. The van der Waals surface area contributed by atoms with E-state index in [0.29, 0.717) is 32.0 Å². The summed E-state index contributed by atoms with van der Waals surface area (Å²) in [5.41, 5.74) is 3.59. The van der Waals surface area contributed by atoms with Crippen LogP contribution in [0.5, 0.6) is 0 Å². The summed E-state index contributed by atoms with van der Waals surface area (Å²) in [6.45, 7) is 6.52. The van der Waals surface area contributed by atoms with Crippen LogP contribution in [0.4, 0.5) is 0 Å². The van der Waals surface area contributed by atoms with Crippen LogP contribution in [-0.4, -0.2) is 46.5 Å². The van der Waals surface area contributed by atoms with E-state index in [-0.39, 0.29) is 5.91 Å². The fourth-order valence-electron chi connectivity index (χ4n) is 2.46. The predicted octanol–water partition coefficient (Wildman–Crippen LogP) is 1.42. The van der Waals surface area contributed by atoms with E-state index in [4.69, 9.17) is 4.74 Å². The van der Waals surface area contributed by atoms with Gasteiger partial charge in [0.15, 0.2) is 0 Å². The van der Waals surface area contributed by atoms with Crippen molar-refractivity contribution in [2.45, 2.75) is 13.8 Å². The number of carbonyl (C=O) groups is 1. The minimum Gasteiger partial charge on any atom is -0.378 e. The van der Waals surface area contributed by atoms with E-state index in [1.165, 1.54) is 0 Å². The first-order chi connectivity index (χ1) is 9.18. The maximum Gasteiger partial charge on any atom is 0.272 e. The summed E-state index contributed by atoms with van der Waals surface area (Å²) in [7, 11) is 0. The van der Waals surface area contributed by atoms with E-state index < -0.39 is 0 Å². The number of morpholine rings is 1. The molecular weight excluding hydrogens is 242 g/mol.